The molecule has 2 aliphatic heterocycles. The Labute approximate surface area is 183 Å². The van der Waals surface area contributed by atoms with Gasteiger partial charge in [0.15, 0.2) is 0 Å². The Kier molecular flexibility index (Phi) is 4.51. The molecule has 0 amide bonds. The fraction of sp³-hybridized carbons (Fsp3) is 0.200. The zero-order valence-electron chi connectivity index (χ0n) is 16.4. The molecule has 1 fully saturated rings. The minimum atomic E-state index is -2.35. The third-order valence-corrected chi connectivity index (χ3v) is 11.1. The standard InChI is InChI=1S/C25H21O3PSe/c30-29(19-8-5-15-26-16-19)27-22-13-11-17-6-1-3-9-20(17)24(22)25-21-10-4-2-7-18(21)12-14-23(25)28-29/h1-4,6-7,9-14,19H,5,8,15-16H2/t19-/m1/s1. The van der Waals surface area contributed by atoms with Gasteiger partial charge in [0.1, 0.15) is 0 Å². The minimum absolute atomic E-state index is 0.225. The summed E-state index contributed by atoms with van der Waals surface area (Å²) in [5, 5.41) is 4.77. The second-order valence-electron chi connectivity index (χ2n) is 7.91. The number of fused-ring (bicyclic) bond motifs is 7. The van der Waals surface area contributed by atoms with Gasteiger partial charge in [-0.3, -0.25) is 0 Å². The van der Waals surface area contributed by atoms with Crippen LogP contribution in [0.15, 0.2) is 72.8 Å². The molecule has 0 radical (unpaired) electrons. The van der Waals surface area contributed by atoms with Gasteiger partial charge in [0.2, 0.25) is 0 Å². The Morgan fingerprint density at radius 3 is 1.83 bits per heavy atom. The molecule has 2 aliphatic rings. The van der Waals surface area contributed by atoms with Crippen LogP contribution in [0.1, 0.15) is 12.8 Å². The SMILES string of the molecule is [Se]=P1([C@@H]2CCCOC2)Oc2ccc3ccccc3c2-c2c(ccc3ccccc23)O1. The molecule has 5 heteroatoms. The van der Waals surface area contributed by atoms with Crippen LogP contribution in [0.5, 0.6) is 11.5 Å². The van der Waals surface area contributed by atoms with Crippen LogP contribution < -0.4 is 9.05 Å². The van der Waals surface area contributed by atoms with Gasteiger partial charge in [0.05, 0.1) is 0 Å². The summed E-state index contributed by atoms with van der Waals surface area (Å²) in [5.41, 5.74) is 2.46. The fourth-order valence-corrected chi connectivity index (χ4v) is 8.62. The van der Waals surface area contributed by atoms with Crippen molar-refractivity contribution < 1.29 is 13.8 Å². The zero-order valence-corrected chi connectivity index (χ0v) is 19.0. The van der Waals surface area contributed by atoms with E-state index >= 15 is 0 Å². The molecule has 1 atom stereocenters. The Balaban J connectivity index is 1.69. The number of benzene rings is 4. The Bertz CT molecular complexity index is 1240. The van der Waals surface area contributed by atoms with Crippen LogP contribution in [0.2, 0.25) is 0 Å². The van der Waals surface area contributed by atoms with Gasteiger partial charge >= 0.3 is 184 Å². The summed E-state index contributed by atoms with van der Waals surface area (Å²) in [6.07, 6.45) is 2.09. The summed E-state index contributed by atoms with van der Waals surface area (Å²) in [7, 11) is 0. The molecule has 0 aromatic heterocycles. The normalized spacial score (nSPS) is 19.9. The molecule has 2 heterocycles. The summed E-state index contributed by atoms with van der Waals surface area (Å²) in [4.78, 5) is 0. The molecule has 3 nitrogen and oxygen atoms in total. The molecule has 30 heavy (non-hydrogen) atoms. The summed E-state index contributed by atoms with van der Waals surface area (Å²) >= 11 is 3.37. The van der Waals surface area contributed by atoms with Crippen LogP contribution in [0.25, 0.3) is 32.7 Å². The van der Waals surface area contributed by atoms with Crippen LogP contribution in [0.3, 0.4) is 0 Å². The van der Waals surface area contributed by atoms with Crippen molar-refractivity contribution in [2.24, 2.45) is 0 Å². The quantitative estimate of drug-likeness (QED) is 0.229. The molecule has 6 rings (SSSR count). The molecule has 150 valence electrons. The third kappa shape index (κ3) is 2.94. The summed E-state index contributed by atoms with van der Waals surface area (Å²) < 4.78 is 19.4. The summed E-state index contributed by atoms with van der Waals surface area (Å²) in [5.74, 6) is -0.572. The van der Waals surface area contributed by atoms with Crippen molar-refractivity contribution in [2.45, 2.75) is 18.5 Å². The van der Waals surface area contributed by atoms with E-state index in [4.69, 9.17) is 13.8 Å². The van der Waals surface area contributed by atoms with Crippen molar-refractivity contribution in [3.8, 4) is 22.6 Å². The van der Waals surface area contributed by atoms with Crippen LogP contribution in [-0.4, -0.2) is 34.0 Å². The first-order valence-electron chi connectivity index (χ1n) is 10.3. The van der Waals surface area contributed by atoms with Gasteiger partial charge in [-0.25, -0.2) is 0 Å². The van der Waals surface area contributed by atoms with Crippen LogP contribution in [-0.2, 0) is 4.74 Å². The van der Waals surface area contributed by atoms with Crippen LogP contribution in [0.4, 0.5) is 0 Å². The first-order valence-corrected chi connectivity index (χ1v) is 14.2. The van der Waals surface area contributed by atoms with Crippen LogP contribution in [0, 0.1) is 0 Å². The second kappa shape index (κ2) is 7.25. The van der Waals surface area contributed by atoms with E-state index in [0.717, 1.165) is 42.1 Å². The predicted molar refractivity (Wildman–Crippen MR) is 125 cm³/mol. The number of hydrogen-bond acceptors (Lipinski definition) is 3. The molecule has 4 aromatic carbocycles. The van der Waals surface area contributed by atoms with E-state index in [0.29, 0.717) is 6.61 Å². The van der Waals surface area contributed by atoms with Crippen LogP contribution >= 0.6 is 5.96 Å². The molecule has 0 saturated carbocycles. The number of ether oxygens (including phenoxy) is 1. The first-order chi connectivity index (χ1) is 14.7. The topological polar surface area (TPSA) is 27.7 Å². The maximum atomic E-state index is 6.78. The zero-order chi connectivity index (χ0) is 20.1. The third-order valence-electron chi connectivity index (χ3n) is 6.07. The van der Waals surface area contributed by atoms with E-state index in [1.165, 1.54) is 21.5 Å². The number of hydrogen-bond donors (Lipinski definition) is 0. The van der Waals surface area contributed by atoms with E-state index in [1.54, 1.807) is 0 Å². The monoisotopic (exact) mass is 480 g/mol. The second-order valence-corrected chi connectivity index (χ2v) is 13.3. The molecule has 0 N–H and O–H groups in total. The first kappa shape index (κ1) is 18.7. The average Bonchev–Trinajstić information content (AvgIpc) is 2.94. The molecular formula is C25H21O3PSe. The maximum absolute atomic E-state index is 6.78. The van der Waals surface area contributed by atoms with Gasteiger partial charge in [-0.15, -0.1) is 0 Å². The van der Waals surface area contributed by atoms with Gasteiger partial charge in [-0.1, -0.05) is 0 Å². The summed E-state index contributed by atoms with van der Waals surface area (Å²) in [6, 6.07) is 25.5. The molecule has 0 aliphatic carbocycles. The molecule has 0 unspecified atom stereocenters. The fourth-order valence-electron chi connectivity index (χ4n) is 4.59. The Morgan fingerprint density at radius 1 is 0.733 bits per heavy atom. The molecule has 0 bridgehead atoms. The van der Waals surface area contributed by atoms with E-state index < -0.39 is 5.96 Å². The summed E-state index contributed by atoms with van der Waals surface area (Å²) in [6.45, 7) is 1.49. The Morgan fingerprint density at radius 2 is 1.30 bits per heavy atom. The van der Waals surface area contributed by atoms with Gasteiger partial charge in [-0.05, 0) is 0 Å². The van der Waals surface area contributed by atoms with Crippen molar-refractivity contribution in [3.05, 3.63) is 72.8 Å². The van der Waals surface area contributed by atoms with Crippen molar-refractivity contribution in [1.29, 1.82) is 0 Å². The van der Waals surface area contributed by atoms with Crippen molar-refractivity contribution in [1.82, 2.24) is 0 Å². The van der Waals surface area contributed by atoms with Gasteiger partial charge in [0, 0.05) is 0 Å². The van der Waals surface area contributed by atoms with Crippen molar-refractivity contribution >= 4 is 42.6 Å². The molecule has 4 aromatic rings. The molecule has 0 spiro atoms. The molecule has 1 saturated heterocycles. The van der Waals surface area contributed by atoms with Gasteiger partial charge in [0.25, 0.3) is 0 Å². The van der Waals surface area contributed by atoms with E-state index in [9.17, 15) is 0 Å². The van der Waals surface area contributed by atoms with Crippen molar-refractivity contribution in [2.75, 3.05) is 13.2 Å². The van der Waals surface area contributed by atoms with E-state index in [-0.39, 0.29) is 5.66 Å². The van der Waals surface area contributed by atoms with E-state index in [1.807, 2.05) is 0 Å². The number of rotatable bonds is 1. The van der Waals surface area contributed by atoms with Gasteiger partial charge in [-0.2, -0.15) is 0 Å². The van der Waals surface area contributed by atoms with Crippen molar-refractivity contribution in [3.63, 3.8) is 0 Å². The van der Waals surface area contributed by atoms with Gasteiger partial charge < -0.3 is 0 Å². The average molecular weight is 479 g/mol. The Hall–Kier alpha value is -2.09. The predicted octanol–water partition coefficient (Wildman–Crippen LogP) is 6.54. The molecular weight excluding hydrogens is 458 g/mol. The van der Waals surface area contributed by atoms with E-state index in [2.05, 4.69) is 87.9 Å².